The first-order chi connectivity index (χ1) is 9.97. The second kappa shape index (κ2) is 7.42. The summed E-state index contributed by atoms with van der Waals surface area (Å²) in [5.41, 5.74) is 2.93. The van der Waals surface area contributed by atoms with Crippen molar-refractivity contribution in [3.63, 3.8) is 0 Å². The van der Waals surface area contributed by atoms with Crippen LogP contribution in [0.4, 0.5) is 0 Å². The highest BCUT2D eigenvalue weighted by Crippen LogP contribution is 2.28. The van der Waals surface area contributed by atoms with Crippen molar-refractivity contribution in [2.24, 2.45) is 11.8 Å². The van der Waals surface area contributed by atoms with Gasteiger partial charge in [-0.2, -0.15) is 0 Å². The Morgan fingerprint density at radius 3 is 2.48 bits per heavy atom. The molecule has 0 aromatic heterocycles. The van der Waals surface area contributed by atoms with Gasteiger partial charge in [0, 0.05) is 31.7 Å². The first-order valence-electron chi connectivity index (χ1n) is 8.51. The van der Waals surface area contributed by atoms with Gasteiger partial charge in [0.15, 0.2) is 0 Å². The minimum Gasteiger partial charge on any atom is -0.310 e. The molecule has 2 heteroatoms. The van der Waals surface area contributed by atoms with E-state index in [2.05, 4.69) is 69.1 Å². The lowest BCUT2D eigenvalue weighted by molar-refractivity contribution is 0.0727. The average molecular weight is 288 g/mol. The Morgan fingerprint density at radius 1 is 1.14 bits per heavy atom. The Balaban J connectivity index is 2.07. The van der Waals surface area contributed by atoms with Gasteiger partial charge in [-0.1, -0.05) is 52.0 Å². The Morgan fingerprint density at radius 2 is 1.81 bits per heavy atom. The monoisotopic (exact) mass is 288 g/mol. The van der Waals surface area contributed by atoms with E-state index in [4.69, 9.17) is 0 Å². The van der Waals surface area contributed by atoms with Crippen LogP contribution in [0.25, 0.3) is 0 Å². The van der Waals surface area contributed by atoms with E-state index in [1.54, 1.807) is 0 Å². The third-order valence-corrected chi connectivity index (χ3v) is 4.91. The number of hydrogen-bond acceptors (Lipinski definition) is 2. The Kier molecular flexibility index (Phi) is 5.83. The van der Waals surface area contributed by atoms with E-state index in [1.807, 2.05) is 0 Å². The second-order valence-corrected chi connectivity index (χ2v) is 7.29. The van der Waals surface area contributed by atoms with Gasteiger partial charge in [-0.25, -0.2) is 0 Å². The molecule has 2 rings (SSSR count). The summed E-state index contributed by atoms with van der Waals surface area (Å²) in [6.07, 6.45) is 1.37. The maximum Gasteiger partial charge on any atom is 0.0240 e. The van der Waals surface area contributed by atoms with Crippen molar-refractivity contribution in [1.29, 1.82) is 0 Å². The number of piperidine rings is 1. The van der Waals surface area contributed by atoms with Crippen molar-refractivity contribution in [3.8, 4) is 0 Å². The van der Waals surface area contributed by atoms with Crippen molar-refractivity contribution in [1.82, 2.24) is 10.2 Å². The van der Waals surface area contributed by atoms with Crippen LogP contribution in [0.1, 0.15) is 52.2 Å². The fourth-order valence-corrected chi connectivity index (χ4v) is 3.46. The van der Waals surface area contributed by atoms with Crippen LogP contribution in [0.2, 0.25) is 0 Å². The molecule has 118 valence electrons. The lowest BCUT2D eigenvalue weighted by atomic mass is 9.85. The maximum absolute atomic E-state index is 3.55. The van der Waals surface area contributed by atoms with Crippen LogP contribution in [0, 0.1) is 11.8 Å². The van der Waals surface area contributed by atoms with E-state index in [0.29, 0.717) is 12.1 Å². The first-order valence-corrected chi connectivity index (χ1v) is 8.51. The van der Waals surface area contributed by atoms with Crippen LogP contribution in [0.5, 0.6) is 0 Å². The van der Waals surface area contributed by atoms with E-state index >= 15 is 0 Å². The minimum absolute atomic E-state index is 0.534. The predicted octanol–water partition coefficient (Wildman–Crippen LogP) is 4.05. The Hall–Kier alpha value is -0.860. The van der Waals surface area contributed by atoms with E-state index in [9.17, 15) is 0 Å². The van der Waals surface area contributed by atoms with Crippen LogP contribution in [0.3, 0.4) is 0 Å². The van der Waals surface area contributed by atoms with Gasteiger partial charge in [-0.15, -0.1) is 0 Å². The number of nitrogens with one attached hydrogen (secondary N) is 1. The van der Waals surface area contributed by atoms with Gasteiger partial charge in [0.1, 0.15) is 0 Å². The summed E-state index contributed by atoms with van der Waals surface area (Å²) in [6, 6.07) is 10.1. The van der Waals surface area contributed by atoms with E-state index in [1.165, 1.54) is 24.1 Å². The molecule has 0 bridgehead atoms. The molecule has 3 atom stereocenters. The molecule has 21 heavy (non-hydrogen) atoms. The Bertz CT molecular complexity index is 441. The summed E-state index contributed by atoms with van der Waals surface area (Å²) < 4.78 is 0. The molecule has 3 unspecified atom stereocenters. The predicted molar refractivity (Wildman–Crippen MR) is 91.2 cm³/mol. The van der Waals surface area contributed by atoms with Crippen molar-refractivity contribution in [2.45, 2.75) is 66.2 Å². The van der Waals surface area contributed by atoms with Crippen LogP contribution < -0.4 is 5.32 Å². The zero-order chi connectivity index (χ0) is 15.4. The standard InChI is InChI=1S/C19H32N2/c1-14(2)20-11-18-8-6-7-9-19(18)13-21-12-15(3)10-16(4)17(21)5/h6-9,14-17,20H,10-13H2,1-5H3. The fourth-order valence-electron chi connectivity index (χ4n) is 3.46. The summed E-state index contributed by atoms with van der Waals surface area (Å²) in [5.74, 6) is 1.62. The molecule has 0 radical (unpaired) electrons. The number of nitrogens with zero attached hydrogens (tertiary/aromatic N) is 1. The van der Waals surface area contributed by atoms with Gasteiger partial charge in [0.2, 0.25) is 0 Å². The molecule has 1 aromatic carbocycles. The number of benzene rings is 1. The molecule has 1 N–H and O–H groups in total. The quantitative estimate of drug-likeness (QED) is 0.879. The van der Waals surface area contributed by atoms with Gasteiger partial charge in [-0.3, -0.25) is 4.90 Å². The van der Waals surface area contributed by atoms with Gasteiger partial charge in [-0.05, 0) is 36.3 Å². The summed E-state index contributed by atoms with van der Waals surface area (Å²) in [5, 5.41) is 3.55. The van der Waals surface area contributed by atoms with E-state index in [-0.39, 0.29) is 0 Å². The third-order valence-electron chi connectivity index (χ3n) is 4.91. The molecule has 0 aliphatic carbocycles. The highest BCUT2D eigenvalue weighted by Gasteiger charge is 2.28. The normalized spacial score (nSPS) is 27.2. The minimum atomic E-state index is 0.534. The largest absolute Gasteiger partial charge is 0.310 e. The summed E-state index contributed by atoms with van der Waals surface area (Å²) >= 11 is 0. The van der Waals surface area contributed by atoms with Gasteiger partial charge >= 0.3 is 0 Å². The van der Waals surface area contributed by atoms with Crippen LogP contribution in [-0.2, 0) is 13.1 Å². The summed E-state index contributed by atoms with van der Waals surface area (Å²) in [4.78, 5) is 2.67. The molecule has 1 fully saturated rings. The highest BCUT2D eigenvalue weighted by molar-refractivity contribution is 5.27. The van der Waals surface area contributed by atoms with Crippen LogP contribution >= 0.6 is 0 Å². The molecule has 0 spiro atoms. The molecule has 1 saturated heterocycles. The topological polar surface area (TPSA) is 15.3 Å². The van der Waals surface area contributed by atoms with Crippen molar-refractivity contribution < 1.29 is 0 Å². The SMILES string of the molecule is CC1CC(C)C(C)N(Cc2ccccc2CNC(C)C)C1. The van der Waals surface area contributed by atoms with Crippen molar-refractivity contribution >= 4 is 0 Å². The molecule has 1 aliphatic rings. The molecule has 0 amide bonds. The van der Waals surface area contributed by atoms with Gasteiger partial charge < -0.3 is 5.32 Å². The fraction of sp³-hybridized carbons (Fsp3) is 0.684. The lowest BCUT2D eigenvalue weighted by Gasteiger charge is -2.41. The van der Waals surface area contributed by atoms with Gasteiger partial charge in [0.25, 0.3) is 0 Å². The Labute approximate surface area is 130 Å². The van der Waals surface area contributed by atoms with Crippen molar-refractivity contribution in [2.75, 3.05) is 6.54 Å². The summed E-state index contributed by atoms with van der Waals surface area (Å²) in [6.45, 7) is 14.9. The summed E-state index contributed by atoms with van der Waals surface area (Å²) in [7, 11) is 0. The highest BCUT2D eigenvalue weighted by atomic mass is 15.2. The number of hydrogen-bond donors (Lipinski definition) is 1. The lowest BCUT2D eigenvalue weighted by Crippen LogP contribution is -2.45. The molecule has 2 nitrogen and oxygen atoms in total. The maximum atomic E-state index is 3.55. The third kappa shape index (κ3) is 4.55. The average Bonchev–Trinajstić information content (AvgIpc) is 2.43. The number of rotatable bonds is 5. The second-order valence-electron chi connectivity index (χ2n) is 7.29. The molecule has 1 heterocycles. The van der Waals surface area contributed by atoms with Crippen LogP contribution in [-0.4, -0.2) is 23.5 Å². The molecular weight excluding hydrogens is 256 g/mol. The van der Waals surface area contributed by atoms with Crippen molar-refractivity contribution in [3.05, 3.63) is 35.4 Å². The van der Waals surface area contributed by atoms with Crippen LogP contribution in [0.15, 0.2) is 24.3 Å². The zero-order valence-electron chi connectivity index (χ0n) is 14.4. The van der Waals surface area contributed by atoms with Gasteiger partial charge in [0.05, 0.1) is 0 Å². The molecule has 1 aliphatic heterocycles. The van der Waals surface area contributed by atoms with E-state index in [0.717, 1.165) is 24.9 Å². The van der Waals surface area contributed by atoms with E-state index < -0.39 is 0 Å². The molecule has 1 aromatic rings. The zero-order valence-corrected chi connectivity index (χ0v) is 14.4. The molecule has 0 saturated carbocycles. The smallest absolute Gasteiger partial charge is 0.0240 e. The number of likely N-dealkylation sites (tertiary alicyclic amines) is 1. The first kappa shape index (κ1) is 16.5. The molecular formula is C19H32N2.